The first-order valence-electron chi connectivity index (χ1n) is 4.25. The topological polar surface area (TPSA) is 44.8 Å². The molecule has 2 aliphatic heterocycles. The number of ether oxygens (including phenoxy) is 3. The Bertz CT molecular complexity index is 180. The van der Waals surface area contributed by atoms with Crippen molar-refractivity contribution in [1.82, 2.24) is 0 Å². The number of carbonyl (C=O) groups is 1. The van der Waals surface area contributed by atoms with Crippen molar-refractivity contribution < 1.29 is 19.0 Å². The summed E-state index contributed by atoms with van der Waals surface area (Å²) in [6.45, 7) is 1.30. The fourth-order valence-corrected chi connectivity index (χ4v) is 1.56. The molecule has 0 spiro atoms. The van der Waals surface area contributed by atoms with Gasteiger partial charge < -0.3 is 14.2 Å². The zero-order chi connectivity index (χ0) is 8.39. The Morgan fingerprint density at radius 2 is 2.25 bits per heavy atom. The number of carbonyl (C=O) groups excluding carboxylic acids is 1. The van der Waals surface area contributed by atoms with Crippen LogP contribution in [-0.4, -0.2) is 38.0 Å². The third-order valence-electron chi connectivity index (χ3n) is 2.16. The van der Waals surface area contributed by atoms with E-state index in [9.17, 15) is 4.79 Å². The molecule has 4 nitrogen and oxygen atoms in total. The van der Waals surface area contributed by atoms with Crippen molar-refractivity contribution in [3.8, 4) is 0 Å². The molecular formula is C8H12O4. The van der Waals surface area contributed by atoms with Crippen LogP contribution in [0.15, 0.2) is 0 Å². The largest absolute Gasteiger partial charge is 0.458 e. The number of hydrogen-bond acceptors (Lipinski definition) is 4. The number of rotatable bonds is 0. The predicted molar refractivity (Wildman–Crippen MR) is 39.7 cm³/mol. The molecule has 0 unspecified atom stereocenters. The van der Waals surface area contributed by atoms with E-state index in [0.29, 0.717) is 6.61 Å². The van der Waals surface area contributed by atoms with Gasteiger partial charge in [0.15, 0.2) is 0 Å². The van der Waals surface area contributed by atoms with Crippen molar-refractivity contribution in [3.63, 3.8) is 0 Å². The fraction of sp³-hybridized carbons (Fsp3) is 0.875. The third kappa shape index (κ3) is 1.59. The number of esters is 1. The second-order valence-corrected chi connectivity index (χ2v) is 3.09. The summed E-state index contributed by atoms with van der Waals surface area (Å²) in [7, 11) is 0. The van der Waals surface area contributed by atoms with Crippen molar-refractivity contribution >= 4 is 5.97 Å². The van der Waals surface area contributed by atoms with E-state index in [1.54, 1.807) is 0 Å². The van der Waals surface area contributed by atoms with Crippen LogP contribution in [0.1, 0.15) is 12.8 Å². The van der Waals surface area contributed by atoms with Gasteiger partial charge in [-0.15, -0.1) is 0 Å². The summed E-state index contributed by atoms with van der Waals surface area (Å²) in [6, 6.07) is 0. The summed E-state index contributed by atoms with van der Waals surface area (Å²) in [6.07, 6.45) is 1.76. The van der Waals surface area contributed by atoms with Gasteiger partial charge in [0.2, 0.25) is 0 Å². The first-order chi connectivity index (χ1) is 5.86. The number of hydrogen-bond donors (Lipinski definition) is 0. The van der Waals surface area contributed by atoms with Crippen LogP contribution in [0.3, 0.4) is 0 Å². The minimum Gasteiger partial charge on any atom is -0.458 e. The highest BCUT2D eigenvalue weighted by Crippen LogP contribution is 2.19. The SMILES string of the molecule is O=C1COC[C@H]2OCCC[C@H]2O1. The Hall–Kier alpha value is -0.610. The van der Waals surface area contributed by atoms with E-state index in [4.69, 9.17) is 14.2 Å². The summed E-state index contributed by atoms with van der Waals surface area (Å²) < 4.78 is 15.6. The molecule has 0 aliphatic carbocycles. The van der Waals surface area contributed by atoms with Gasteiger partial charge in [0.25, 0.3) is 0 Å². The smallest absolute Gasteiger partial charge is 0.332 e. The first-order valence-corrected chi connectivity index (χ1v) is 4.25. The molecule has 0 aromatic heterocycles. The molecule has 0 saturated carbocycles. The highest BCUT2D eigenvalue weighted by Gasteiger charge is 2.31. The van der Waals surface area contributed by atoms with Gasteiger partial charge in [0.05, 0.1) is 6.61 Å². The Balaban J connectivity index is 2.01. The molecular weight excluding hydrogens is 160 g/mol. The summed E-state index contributed by atoms with van der Waals surface area (Å²) in [5, 5.41) is 0. The van der Waals surface area contributed by atoms with Gasteiger partial charge >= 0.3 is 5.97 Å². The number of fused-ring (bicyclic) bond motifs is 1. The first kappa shape index (κ1) is 8.01. The van der Waals surface area contributed by atoms with Gasteiger partial charge in [-0.25, -0.2) is 4.79 Å². The van der Waals surface area contributed by atoms with E-state index < -0.39 is 0 Å². The average Bonchev–Trinajstić information content (AvgIpc) is 2.25. The van der Waals surface area contributed by atoms with Crippen LogP contribution in [0.2, 0.25) is 0 Å². The molecule has 0 radical (unpaired) electrons. The third-order valence-corrected chi connectivity index (χ3v) is 2.16. The molecule has 4 heteroatoms. The molecule has 2 heterocycles. The normalized spacial score (nSPS) is 36.5. The van der Waals surface area contributed by atoms with Crippen LogP contribution in [0.5, 0.6) is 0 Å². The van der Waals surface area contributed by atoms with E-state index in [1.807, 2.05) is 0 Å². The zero-order valence-corrected chi connectivity index (χ0v) is 6.82. The second-order valence-electron chi connectivity index (χ2n) is 3.09. The molecule has 0 aromatic rings. The molecule has 0 bridgehead atoms. The average molecular weight is 172 g/mol. The minimum absolute atomic E-state index is 0.0369. The van der Waals surface area contributed by atoms with Crippen molar-refractivity contribution in [2.75, 3.05) is 19.8 Å². The highest BCUT2D eigenvalue weighted by molar-refractivity contribution is 5.71. The molecule has 2 atom stereocenters. The van der Waals surface area contributed by atoms with Crippen LogP contribution in [0.4, 0.5) is 0 Å². The summed E-state index contributed by atoms with van der Waals surface area (Å²) >= 11 is 0. The van der Waals surface area contributed by atoms with Crippen LogP contribution < -0.4 is 0 Å². The van der Waals surface area contributed by atoms with Gasteiger partial charge in [0, 0.05) is 6.61 Å². The van der Waals surface area contributed by atoms with Crippen LogP contribution in [-0.2, 0) is 19.0 Å². The maximum atomic E-state index is 10.9. The van der Waals surface area contributed by atoms with Crippen molar-refractivity contribution in [3.05, 3.63) is 0 Å². The molecule has 0 N–H and O–H groups in total. The van der Waals surface area contributed by atoms with Gasteiger partial charge in [0.1, 0.15) is 18.8 Å². The van der Waals surface area contributed by atoms with E-state index in [-0.39, 0.29) is 24.8 Å². The summed E-state index contributed by atoms with van der Waals surface area (Å²) in [5.41, 5.74) is 0. The molecule has 2 rings (SSSR count). The molecule has 0 aromatic carbocycles. The molecule has 2 saturated heterocycles. The van der Waals surface area contributed by atoms with Crippen LogP contribution >= 0.6 is 0 Å². The van der Waals surface area contributed by atoms with Crippen molar-refractivity contribution in [2.45, 2.75) is 25.0 Å². The molecule has 2 aliphatic rings. The summed E-state index contributed by atoms with van der Waals surface area (Å²) in [4.78, 5) is 10.9. The lowest BCUT2D eigenvalue weighted by atomic mass is 10.1. The zero-order valence-electron chi connectivity index (χ0n) is 6.82. The van der Waals surface area contributed by atoms with E-state index in [1.165, 1.54) is 0 Å². The maximum absolute atomic E-state index is 10.9. The van der Waals surface area contributed by atoms with Gasteiger partial charge in [-0.2, -0.15) is 0 Å². The second kappa shape index (κ2) is 3.41. The molecule has 2 fully saturated rings. The lowest BCUT2D eigenvalue weighted by Crippen LogP contribution is -2.38. The molecule has 0 amide bonds. The standard InChI is InChI=1S/C8H12O4/c9-8-5-10-4-7-6(12-8)2-1-3-11-7/h6-7H,1-5H2/t6-,7-/m1/s1. The Labute approximate surface area is 70.8 Å². The van der Waals surface area contributed by atoms with E-state index in [0.717, 1.165) is 19.4 Å². The molecule has 68 valence electrons. The van der Waals surface area contributed by atoms with Crippen molar-refractivity contribution in [1.29, 1.82) is 0 Å². The lowest BCUT2D eigenvalue weighted by molar-refractivity contribution is -0.157. The fourth-order valence-electron chi connectivity index (χ4n) is 1.56. The Morgan fingerprint density at radius 1 is 1.33 bits per heavy atom. The van der Waals surface area contributed by atoms with E-state index in [2.05, 4.69) is 0 Å². The van der Waals surface area contributed by atoms with Crippen LogP contribution in [0.25, 0.3) is 0 Å². The van der Waals surface area contributed by atoms with Gasteiger partial charge in [-0.3, -0.25) is 0 Å². The van der Waals surface area contributed by atoms with Crippen molar-refractivity contribution in [2.24, 2.45) is 0 Å². The van der Waals surface area contributed by atoms with E-state index >= 15 is 0 Å². The van der Waals surface area contributed by atoms with Gasteiger partial charge in [-0.05, 0) is 12.8 Å². The predicted octanol–water partition coefficient (Wildman–Crippen LogP) is 0.107. The lowest BCUT2D eigenvalue weighted by Gasteiger charge is -2.28. The van der Waals surface area contributed by atoms with Gasteiger partial charge in [-0.1, -0.05) is 0 Å². The minimum atomic E-state index is -0.270. The monoisotopic (exact) mass is 172 g/mol. The summed E-state index contributed by atoms with van der Waals surface area (Å²) in [5.74, 6) is -0.270. The Kier molecular flexibility index (Phi) is 2.28. The quantitative estimate of drug-likeness (QED) is 0.486. The highest BCUT2D eigenvalue weighted by atomic mass is 16.6. The molecule has 12 heavy (non-hydrogen) atoms. The maximum Gasteiger partial charge on any atom is 0.332 e. The van der Waals surface area contributed by atoms with Crippen LogP contribution in [0, 0.1) is 0 Å². The Morgan fingerprint density at radius 3 is 3.17 bits per heavy atom.